The van der Waals surface area contributed by atoms with E-state index in [0.717, 1.165) is 36.9 Å². The van der Waals surface area contributed by atoms with Gasteiger partial charge in [0.2, 0.25) is 0 Å². The van der Waals surface area contributed by atoms with Crippen LogP contribution in [0.15, 0.2) is 65.8 Å². The second kappa shape index (κ2) is 11.7. The normalized spacial score (nSPS) is 14.4. The second-order valence-electron chi connectivity index (χ2n) is 8.05. The van der Waals surface area contributed by atoms with Gasteiger partial charge in [-0.2, -0.15) is 0 Å². The van der Waals surface area contributed by atoms with Gasteiger partial charge in [0, 0.05) is 17.3 Å². The number of ether oxygens (including phenoxy) is 1. The highest BCUT2D eigenvalue weighted by atomic mass is 32.2. The van der Waals surface area contributed by atoms with E-state index in [2.05, 4.69) is 15.5 Å². The summed E-state index contributed by atoms with van der Waals surface area (Å²) in [6, 6.07) is 19.7. The number of benzene rings is 2. The van der Waals surface area contributed by atoms with E-state index in [4.69, 9.17) is 4.74 Å². The Kier molecular flexibility index (Phi) is 8.14. The molecule has 0 saturated heterocycles. The third kappa shape index (κ3) is 6.44. The van der Waals surface area contributed by atoms with Crippen molar-refractivity contribution in [3.63, 3.8) is 0 Å². The van der Waals surface area contributed by atoms with E-state index in [-0.39, 0.29) is 24.3 Å². The average molecular weight is 465 g/mol. The molecule has 8 heteroatoms. The van der Waals surface area contributed by atoms with Crippen LogP contribution >= 0.6 is 11.8 Å². The van der Waals surface area contributed by atoms with Gasteiger partial charge in [-0.3, -0.25) is 14.2 Å². The number of thioether (sulfide) groups is 1. The van der Waals surface area contributed by atoms with Gasteiger partial charge < -0.3 is 10.1 Å². The lowest BCUT2D eigenvalue weighted by Crippen LogP contribution is -2.37. The van der Waals surface area contributed by atoms with Crippen molar-refractivity contribution in [1.82, 2.24) is 20.1 Å². The van der Waals surface area contributed by atoms with Crippen LogP contribution in [0.5, 0.6) is 0 Å². The Labute approximate surface area is 197 Å². The van der Waals surface area contributed by atoms with E-state index in [1.807, 2.05) is 65.2 Å². The summed E-state index contributed by atoms with van der Waals surface area (Å²) in [5, 5.41) is 12.2. The first-order valence-corrected chi connectivity index (χ1v) is 12.3. The highest BCUT2D eigenvalue weighted by Crippen LogP contribution is 2.27. The van der Waals surface area contributed by atoms with E-state index >= 15 is 0 Å². The maximum absolute atomic E-state index is 12.3. The Balaban J connectivity index is 1.36. The van der Waals surface area contributed by atoms with Crippen LogP contribution in [0, 0.1) is 0 Å². The molecule has 1 aromatic heterocycles. The molecular weight excluding hydrogens is 436 g/mol. The van der Waals surface area contributed by atoms with Crippen LogP contribution in [-0.4, -0.2) is 45.0 Å². The zero-order chi connectivity index (χ0) is 22.9. The quantitative estimate of drug-likeness (QED) is 0.302. The predicted molar refractivity (Wildman–Crippen MR) is 128 cm³/mol. The molecule has 1 aliphatic carbocycles. The number of rotatable bonds is 8. The predicted octanol–water partition coefficient (Wildman–Crippen LogP) is 4.41. The molecule has 1 N–H and O–H groups in total. The molecule has 0 spiro atoms. The third-order valence-electron chi connectivity index (χ3n) is 5.58. The zero-order valence-electron chi connectivity index (χ0n) is 18.5. The molecule has 1 saturated carbocycles. The molecule has 1 fully saturated rings. The SMILES string of the molecule is O=C(COC(=O)CSc1nnc(-c2ccccc2)n1-c1ccccc1)NC1CCCCCC1. The van der Waals surface area contributed by atoms with Gasteiger partial charge in [0.1, 0.15) is 0 Å². The smallest absolute Gasteiger partial charge is 0.316 e. The third-order valence-corrected chi connectivity index (χ3v) is 6.49. The summed E-state index contributed by atoms with van der Waals surface area (Å²) < 4.78 is 7.13. The Hall–Kier alpha value is -3.13. The van der Waals surface area contributed by atoms with Crippen molar-refractivity contribution >= 4 is 23.6 Å². The summed E-state index contributed by atoms with van der Waals surface area (Å²) >= 11 is 1.24. The number of nitrogens with one attached hydrogen (secondary N) is 1. The van der Waals surface area contributed by atoms with Gasteiger partial charge in [-0.15, -0.1) is 10.2 Å². The van der Waals surface area contributed by atoms with E-state index < -0.39 is 5.97 Å². The molecule has 0 radical (unpaired) electrons. The van der Waals surface area contributed by atoms with E-state index in [0.29, 0.717) is 11.0 Å². The van der Waals surface area contributed by atoms with Gasteiger partial charge in [-0.1, -0.05) is 86.0 Å². The van der Waals surface area contributed by atoms with Crippen LogP contribution in [0.4, 0.5) is 0 Å². The standard InChI is InChI=1S/C25H28N4O3S/c30-22(26-20-13-7-1-2-8-14-20)17-32-23(31)18-33-25-28-27-24(19-11-5-3-6-12-19)29(25)21-15-9-4-10-16-21/h3-6,9-12,15-16,20H,1-2,7-8,13-14,17-18H2,(H,26,30). The first-order valence-electron chi connectivity index (χ1n) is 11.3. The summed E-state index contributed by atoms with van der Waals surface area (Å²) in [7, 11) is 0. The van der Waals surface area contributed by atoms with E-state index in [9.17, 15) is 9.59 Å². The van der Waals surface area contributed by atoms with Crippen LogP contribution in [0.1, 0.15) is 38.5 Å². The van der Waals surface area contributed by atoms with Gasteiger partial charge >= 0.3 is 5.97 Å². The molecule has 0 unspecified atom stereocenters. The number of carbonyl (C=O) groups is 2. The van der Waals surface area contributed by atoms with Gasteiger partial charge in [0.15, 0.2) is 17.6 Å². The summed E-state index contributed by atoms with van der Waals surface area (Å²) in [4.78, 5) is 24.5. The Morgan fingerprint density at radius 1 is 0.939 bits per heavy atom. The molecule has 1 aliphatic rings. The number of hydrogen-bond acceptors (Lipinski definition) is 6. The van der Waals surface area contributed by atoms with Crippen molar-refractivity contribution in [3.05, 3.63) is 60.7 Å². The molecule has 0 aliphatic heterocycles. The Morgan fingerprint density at radius 2 is 1.61 bits per heavy atom. The summed E-state index contributed by atoms with van der Waals surface area (Å²) in [5.74, 6) is 0.0376. The van der Waals surface area contributed by atoms with E-state index in [1.54, 1.807) is 0 Å². The van der Waals surface area contributed by atoms with Gasteiger partial charge in [-0.25, -0.2) is 0 Å². The van der Waals surface area contributed by atoms with Crippen molar-refractivity contribution in [2.24, 2.45) is 0 Å². The topological polar surface area (TPSA) is 86.1 Å². The van der Waals surface area contributed by atoms with Crippen molar-refractivity contribution in [1.29, 1.82) is 0 Å². The maximum Gasteiger partial charge on any atom is 0.316 e. The van der Waals surface area contributed by atoms with E-state index in [1.165, 1.54) is 24.6 Å². The zero-order valence-corrected chi connectivity index (χ0v) is 19.3. The van der Waals surface area contributed by atoms with Crippen LogP contribution in [0.2, 0.25) is 0 Å². The fraction of sp³-hybridized carbons (Fsp3) is 0.360. The number of nitrogens with zero attached hydrogens (tertiary/aromatic N) is 3. The largest absolute Gasteiger partial charge is 0.455 e. The number of hydrogen-bond donors (Lipinski definition) is 1. The minimum atomic E-state index is -0.458. The highest BCUT2D eigenvalue weighted by molar-refractivity contribution is 7.99. The molecule has 3 aromatic rings. The van der Waals surface area contributed by atoms with Crippen molar-refractivity contribution < 1.29 is 14.3 Å². The van der Waals surface area contributed by atoms with Crippen molar-refractivity contribution in [3.8, 4) is 17.1 Å². The molecule has 172 valence electrons. The summed E-state index contributed by atoms with van der Waals surface area (Å²) in [5.41, 5.74) is 1.83. The van der Waals surface area contributed by atoms with Gasteiger partial charge in [0.05, 0.1) is 5.75 Å². The van der Waals surface area contributed by atoms with Gasteiger partial charge in [-0.05, 0) is 25.0 Å². The Bertz CT molecular complexity index is 1050. The van der Waals surface area contributed by atoms with Gasteiger partial charge in [0.25, 0.3) is 5.91 Å². The fourth-order valence-corrected chi connectivity index (χ4v) is 4.70. The van der Waals surface area contributed by atoms with Crippen LogP contribution < -0.4 is 5.32 Å². The molecule has 1 amide bonds. The summed E-state index contributed by atoms with van der Waals surface area (Å²) in [6.07, 6.45) is 6.70. The van der Waals surface area contributed by atoms with Crippen LogP contribution in [0.3, 0.4) is 0 Å². The monoisotopic (exact) mass is 464 g/mol. The number of esters is 1. The second-order valence-corrected chi connectivity index (χ2v) is 8.99. The molecule has 1 heterocycles. The number of amides is 1. The van der Waals surface area contributed by atoms with Crippen LogP contribution in [0.25, 0.3) is 17.1 Å². The number of para-hydroxylation sites is 1. The number of aromatic nitrogens is 3. The molecule has 33 heavy (non-hydrogen) atoms. The lowest BCUT2D eigenvalue weighted by molar-refractivity contribution is -0.146. The maximum atomic E-state index is 12.3. The van der Waals surface area contributed by atoms with Crippen molar-refractivity contribution in [2.75, 3.05) is 12.4 Å². The lowest BCUT2D eigenvalue weighted by atomic mass is 10.1. The summed E-state index contributed by atoms with van der Waals surface area (Å²) in [6.45, 7) is -0.253. The average Bonchev–Trinajstić information content (AvgIpc) is 3.11. The van der Waals surface area contributed by atoms with Crippen LogP contribution in [-0.2, 0) is 14.3 Å². The molecule has 0 atom stereocenters. The first-order chi connectivity index (χ1) is 16.2. The molecule has 0 bridgehead atoms. The highest BCUT2D eigenvalue weighted by Gasteiger charge is 2.19. The molecule has 2 aromatic carbocycles. The lowest BCUT2D eigenvalue weighted by Gasteiger charge is -2.16. The molecule has 7 nitrogen and oxygen atoms in total. The molecule has 4 rings (SSSR count). The first kappa shape index (κ1) is 23.0. The minimum Gasteiger partial charge on any atom is -0.455 e. The Morgan fingerprint density at radius 3 is 2.30 bits per heavy atom. The van der Waals surface area contributed by atoms with Crippen molar-refractivity contribution in [2.45, 2.75) is 49.7 Å². The molecular formula is C25H28N4O3S. The fourth-order valence-electron chi connectivity index (χ4n) is 3.95. The minimum absolute atomic E-state index is 0.0382. The number of carbonyl (C=O) groups excluding carboxylic acids is 2.